The summed E-state index contributed by atoms with van der Waals surface area (Å²) in [6, 6.07) is 13.6. The SMILES string of the molecule is Cc1cccc(N2C[C@@]3(CCN(C(=O)c4cccc(C)n4)C3)CC2=O)c1. The van der Waals surface area contributed by atoms with E-state index in [-0.39, 0.29) is 17.2 Å². The number of amides is 2. The maximum Gasteiger partial charge on any atom is 0.272 e. The van der Waals surface area contributed by atoms with Crippen LogP contribution in [0.2, 0.25) is 0 Å². The first-order chi connectivity index (χ1) is 12.5. The summed E-state index contributed by atoms with van der Waals surface area (Å²) in [5.41, 5.74) is 3.29. The molecule has 0 radical (unpaired) electrons. The third-order valence-electron chi connectivity index (χ3n) is 5.47. The molecule has 5 heteroatoms. The zero-order chi connectivity index (χ0) is 18.3. The second-order valence-corrected chi connectivity index (χ2v) is 7.64. The summed E-state index contributed by atoms with van der Waals surface area (Å²) in [4.78, 5) is 33.5. The standard InChI is InChI=1S/C21H23N3O2/c1-15-5-3-7-17(11-15)24-14-21(12-19(24)25)9-10-23(13-21)20(26)18-8-4-6-16(2)22-18/h3-8,11H,9-10,12-14H2,1-2H3/t21-/m0/s1. The van der Waals surface area contributed by atoms with Crippen molar-refractivity contribution in [3.05, 3.63) is 59.4 Å². The largest absolute Gasteiger partial charge is 0.337 e. The molecule has 0 bridgehead atoms. The van der Waals surface area contributed by atoms with Crippen LogP contribution in [0.4, 0.5) is 5.69 Å². The number of likely N-dealkylation sites (tertiary alicyclic amines) is 1. The van der Waals surface area contributed by atoms with Gasteiger partial charge < -0.3 is 9.80 Å². The molecular formula is C21H23N3O2. The molecule has 4 rings (SSSR count). The van der Waals surface area contributed by atoms with Crippen molar-refractivity contribution < 1.29 is 9.59 Å². The van der Waals surface area contributed by atoms with Crippen molar-refractivity contribution in [3.8, 4) is 0 Å². The predicted octanol–water partition coefficient (Wildman–Crippen LogP) is 2.97. The van der Waals surface area contributed by atoms with Crippen molar-refractivity contribution >= 4 is 17.5 Å². The predicted molar refractivity (Wildman–Crippen MR) is 100 cm³/mol. The average molecular weight is 349 g/mol. The van der Waals surface area contributed by atoms with Crippen LogP contribution < -0.4 is 4.90 Å². The Labute approximate surface area is 153 Å². The minimum atomic E-state index is -0.139. The van der Waals surface area contributed by atoms with Gasteiger partial charge in [0.05, 0.1) is 0 Å². The van der Waals surface area contributed by atoms with Crippen LogP contribution in [-0.4, -0.2) is 41.3 Å². The molecule has 1 aromatic carbocycles. The number of carbonyl (C=O) groups excluding carboxylic acids is 2. The quantitative estimate of drug-likeness (QED) is 0.838. The van der Waals surface area contributed by atoms with E-state index in [0.29, 0.717) is 31.7 Å². The lowest BCUT2D eigenvalue weighted by Gasteiger charge is -2.24. The summed E-state index contributed by atoms with van der Waals surface area (Å²) in [7, 11) is 0. The molecule has 134 valence electrons. The minimum Gasteiger partial charge on any atom is -0.337 e. The third-order valence-corrected chi connectivity index (χ3v) is 5.47. The first-order valence-corrected chi connectivity index (χ1v) is 9.06. The van der Waals surface area contributed by atoms with Crippen LogP contribution in [-0.2, 0) is 4.79 Å². The van der Waals surface area contributed by atoms with E-state index in [2.05, 4.69) is 4.98 Å². The fourth-order valence-electron chi connectivity index (χ4n) is 4.13. The second-order valence-electron chi connectivity index (χ2n) is 7.64. The fraction of sp³-hybridized carbons (Fsp3) is 0.381. The number of hydrogen-bond donors (Lipinski definition) is 0. The Bertz CT molecular complexity index is 879. The molecule has 2 amide bonds. The van der Waals surface area contributed by atoms with E-state index in [4.69, 9.17) is 0 Å². The Morgan fingerprint density at radius 3 is 2.69 bits per heavy atom. The Morgan fingerprint density at radius 2 is 1.92 bits per heavy atom. The maximum absolute atomic E-state index is 12.8. The number of aromatic nitrogens is 1. The van der Waals surface area contributed by atoms with Gasteiger partial charge in [0, 0.05) is 42.9 Å². The van der Waals surface area contributed by atoms with E-state index in [0.717, 1.165) is 23.4 Å². The molecule has 0 saturated carbocycles. The zero-order valence-corrected chi connectivity index (χ0v) is 15.2. The molecule has 1 atom stereocenters. The number of hydrogen-bond acceptors (Lipinski definition) is 3. The van der Waals surface area contributed by atoms with Crippen molar-refractivity contribution in [1.82, 2.24) is 9.88 Å². The van der Waals surface area contributed by atoms with Crippen LogP contribution in [0.3, 0.4) is 0 Å². The molecule has 5 nitrogen and oxygen atoms in total. The van der Waals surface area contributed by atoms with Gasteiger partial charge in [-0.1, -0.05) is 18.2 Å². The normalized spacial score (nSPS) is 22.5. The first kappa shape index (κ1) is 16.8. The number of aryl methyl sites for hydroxylation is 2. The van der Waals surface area contributed by atoms with Gasteiger partial charge in [0.25, 0.3) is 5.91 Å². The van der Waals surface area contributed by atoms with E-state index in [9.17, 15) is 9.59 Å². The van der Waals surface area contributed by atoms with Gasteiger partial charge in [0.15, 0.2) is 0 Å². The number of carbonyl (C=O) groups is 2. The summed E-state index contributed by atoms with van der Waals surface area (Å²) in [5.74, 6) is 0.116. The lowest BCUT2D eigenvalue weighted by atomic mass is 9.86. The summed E-state index contributed by atoms with van der Waals surface area (Å²) < 4.78 is 0. The molecule has 2 aliphatic heterocycles. The van der Waals surface area contributed by atoms with Gasteiger partial charge in [0.2, 0.25) is 5.91 Å². The van der Waals surface area contributed by atoms with Crippen LogP contribution in [0.5, 0.6) is 0 Å². The lowest BCUT2D eigenvalue weighted by Crippen LogP contribution is -2.34. The van der Waals surface area contributed by atoms with Crippen molar-refractivity contribution in [2.75, 3.05) is 24.5 Å². The Kier molecular flexibility index (Phi) is 4.02. The second kappa shape index (κ2) is 6.24. The summed E-state index contributed by atoms with van der Waals surface area (Å²) in [5, 5.41) is 0. The molecule has 0 N–H and O–H groups in total. The van der Waals surface area contributed by atoms with Crippen molar-refractivity contribution in [2.45, 2.75) is 26.7 Å². The van der Waals surface area contributed by atoms with Crippen molar-refractivity contribution in [1.29, 1.82) is 0 Å². The highest BCUT2D eigenvalue weighted by Gasteiger charge is 2.49. The fourth-order valence-corrected chi connectivity index (χ4v) is 4.13. The molecule has 2 aromatic rings. The molecule has 0 aliphatic carbocycles. The molecule has 2 aliphatic rings. The number of benzene rings is 1. The van der Waals surface area contributed by atoms with Crippen LogP contribution in [0.15, 0.2) is 42.5 Å². The van der Waals surface area contributed by atoms with E-state index in [1.54, 1.807) is 6.07 Å². The summed E-state index contributed by atoms with van der Waals surface area (Å²) in [6.07, 6.45) is 1.37. The Balaban J connectivity index is 1.51. The lowest BCUT2D eigenvalue weighted by molar-refractivity contribution is -0.117. The van der Waals surface area contributed by atoms with Crippen molar-refractivity contribution in [2.24, 2.45) is 5.41 Å². The number of pyridine rings is 1. The van der Waals surface area contributed by atoms with Gasteiger partial charge in [0.1, 0.15) is 5.69 Å². The Morgan fingerprint density at radius 1 is 1.12 bits per heavy atom. The highest BCUT2D eigenvalue weighted by molar-refractivity contribution is 5.97. The molecular weight excluding hydrogens is 326 g/mol. The average Bonchev–Trinajstić information content (AvgIpc) is 3.17. The van der Waals surface area contributed by atoms with Gasteiger partial charge in [-0.2, -0.15) is 0 Å². The summed E-state index contributed by atoms with van der Waals surface area (Å²) >= 11 is 0. The molecule has 2 saturated heterocycles. The molecule has 3 heterocycles. The highest BCUT2D eigenvalue weighted by atomic mass is 16.2. The maximum atomic E-state index is 12.8. The van der Waals surface area contributed by atoms with E-state index < -0.39 is 0 Å². The monoisotopic (exact) mass is 349 g/mol. The number of nitrogens with zero attached hydrogens (tertiary/aromatic N) is 3. The van der Waals surface area contributed by atoms with Gasteiger partial charge >= 0.3 is 0 Å². The molecule has 2 fully saturated rings. The summed E-state index contributed by atoms with van der Waals surface area (Å²) in [6.45, 7) is 5.90. The molecule has 26 heavy (non-hydrogen) atoms. The molecule has 1 spiro atoms. The van der Waals surface area contributed by atoms with E-state index in [1.807, 2.05) is 60.0 Å². The smallest absolute Gasteiger partial charge is 0.272 e. The van der Waals surface area contributed by atoms with Crippen molar-refractivity contribution in [3.63, 3.8) is 0 Å². The number of anilines is 1. The minimum absolute atomic E-state index is 0.0352. The zero-order valence-electron chi connectivity index (χ0n) is 15.2. The third kappa shape index (κ3) is 2.98. The van der Waals surface area contributed by atoms with Gasteiger partial charge in [-0.25, -0.2) is 4.98 Å². The first-order valence-electron chi connectivity index (χ1n) is 9.06. The van der Waals surface area contributed by atoms with Crippen LogP contribution in [0.25, 0.3) is 0 Å². The van der Waals surface area contributed by atoms with Gasteiger partial charge in [-0.15, -0.1) is 0 Å². The topological polar surface area (TPSA) is 53.5 Å². The van der Waals surface area contributed by atoms with Gasteiger partial charge in [-0.3, -0.25) is 9.59 Å². The van der Waals surface area contributed by atoms with Gasteiger partial charge in [-0.05, 0) is 50.1 Å². The Hall–Kier alpha value is -2.69. The number of rotatable bonds is 2. The van der Waals surface area contributed by atoms with E-state index >= 15 is 0 Å². The van der Waals surface area contributed by atoms with E-state index in [1.165, 1.54) is 0 Å². The van der Waals surface area contributed by atoms with Crippen LogP contribution >= 0.6 is 0 Å². The molecule has 0 unspecified atom stereocenters. The highest BCUT2D eigenvalue weighted by Crippen LogP contribution is 2.42. The molecule has 1 aromatic heterocycles. The van der Waals surface area contributed by atoms with Crippen LogP contribution in [0, 0.1) is 19.3 Å². The van der Waals surface area contributed by atoms with Crippen LogP contribution in [0.1, 0.15) is 34.6 Å².